The minimum atomic E-state index is -0.213. The lowest BCUT2D eigenvalue weighted by atomic mass is 11.0. The number of hydrogen-bond acceptors (Lipinski definition) is 1. The van der Waals surface area contributed by atoms with Crippen LogP contribution in [0.15, 0.2) is 16.5 Å². The molecule has 0 fully saturated rings. The van der Waals surface area contributed by atoms with Gasteiger partial charge in [-0.3, -0.25) is 4.99 Å². The Bertz CT molecular complexity index is 78.9. The molecule has 0 aromatic carbocycles. The molecule has 0 spiro atoms. The highest BCUT2D eigenvalue weighted by molar-refractivity contribution is 6.29. The normalized spacial score (nSPS) is 11.3. The molecule has 6 heavy (non-hydrogen) atoms. The topological polar surface area (TPSA) is 12.4 Å². The third-order valence-corrected chi connectivity index (χ3v) is 0.443. The van der Waals surface area contributed by atoms with Crippen molar-refractivity contribution in [2.24, 2.45) is 4.99 Å². The van der Waals surface area contributed by atoms with E-state index in [0.717, 1.165) is 0 Å². The molecule has 0 unspecified atom stereocenters. The average Bonchev–Trinajstić information content (AvgIpc) is 1.65. The molecule has 0 aromatic rings. The molecule has 3 heteroatoms. The second kappa shape index (κ2) is 2.85. The standard InChI is InChI=1S/C3H3ClFN/c1-6-3(4)2-5/h2H,1H2. The lowest BCUT2D eigenvalue weighted by Gasteiger charge is -1.72. The van der Waals surface area contributed by atoms with Gasteiger partial charge in [-0.15, -0.1) is 0 Å². The summed E-state index contributed by atoms with van der Waals surface area (Å²) in [5.41, 5.74) is 0. The summed E-state index contributed by atoms with van der Waals surface area (Å²) < 4.78 is 11.0. The number of hydrogen-bond donors (Lipinski definition) is 0. The number of rotatable bonds is 1. The lowest BCUT2D eigenvalue weighted by molar-refractivity contribution is 0.715. The van der Waals surface area contributed by atoms with Crippen LogP contribution in [0.3, 0.4) is 0 Å². The number of aliphatic imine (C=N–C) groups is 1. The van der Waals surface area contributed by atoms with Crippen molar-refractivity contribution < 1.29 is 4.39 Å². The van der Waals surface area contributed by atoms with E-state index in [1.54, 1.807) is 0 Å². The molecule has 0 aliphatic rings. The van der Waals surface area contributed by atoms with Gasteiger partial charge >= 0.3 is 0 Å². The molecule has 34 valence electrons. The molecule has 1 nitrogen and oxygen atoms in total. The van der Waals surface area contributed by atoms with E-state index in [2.05, 4.69) is 11.7 Å². The highest BCUT2D eigenvalue weighted by atomic mass is 35.5. The van der Waals surface area contributed by atoms with E-state index < -0.39 is 0 Å². The highest BCUT2D eigenvalue weighted by Crippen LogP contribution is 1.99. The van der Waals surface area contributed by atoms with Crippen LogP contribution in [0.1, 0.15) is 0 Å². The molecule has 0 rings (SSSR count). The Morgan fingerprint density at radius 1 is 2.00 bits per heavy atom. The van der Waals surface area contributed by atoms with Gasteiger partial charge in [0.25, 0.3) is 0 Å². The van der Waals surface area contributed by atoms with Crippen LogP contribution < -0.4 is 0 Å². The van der Waals surface area contributed by atoms with E-state index in [1.165, 1.54) is 0 Å². The van der Waals surface area contributed by atoms with Gasteiger partial charge in [-0.1, -0.05) is 11.6 Å². The first kappa shape index (κ1) is 5.63. The third-order valence-electron chi connectivity index (χ3n) is 0.241. The molecule has 0 aliphatic heterocycles. The van der Waals surface area contributed by atoms with Gasteiger partial charge in [0.05, 0.1) is 0 Å². The quantitative estimate of drug-likeness (QED) is 0.357. The second-order valence-electron chi connectivity index (χ2n) is 0.590. The van der Waals surface area contributed by atoms with Crippen molar-refractivity contribution in [3.8, 4) is 0 Å². The van der Waals surface area contributed by atoms with Gasteiger partial charge in [-0.2, -0.15) is 0 Å². The summed E-state index contributed by atoms with van der Waals surface area (Å²) in [6.07, 6.45) is 0.175. The Morgan fingerprint density at radius 3 is 2.50 bits per heavy atom. The monoisotopic (exact) mass is 107 g/mol. The van der Waals surface area contributed by atoms with Gasteiger partial charge in [0.1, 0.15) is 6.33 Å². The molecular formula is C3H3ClFN. The smallest absolute Gasteiger partial charge is 0.156 e. The van der Waals surface area contributed by atoms with Crippen LogP contribution in [0.25, 0.3) is 0 Å². The van der Waals surface area contributed by atoms with E-state index in [1.807, 2.05) is 0 Å². The largest absolute Gasteiger partial charge is 0.250 e. The predicted molar refractivity (Wildman–Crippen MR) is 24.6 cm³/mol. The summed E-state index contributed by atoms with van der Waals surface area (Å²) >= 11 is 4.91. The first-order chi connectivity index (χ1) is 2.81. The Labute approximate surface area is 40.1 Å². The summed E-state index contributed by atoms with van der Waals surface area (Å²) in [7, 11) is 0. The maximum Gasteiger partial charge on any atom is 0.156 e. The summed E-state index contributed by atoms with van der Waals surface area (Å²) in [5, 5.41) is -0.213. The van der Waals surface area contributed by atoms with Crippen molar-refractivity contribution in [1.29, 1.82) is 0 Å². The van der Waals surface area contributed by atoms with Crippen LogP contribution in [0.4, 0.5) is 4.39 Å². The lowest BCUT2D eigenvalue weighted by Crippen LogP contribution is -1.51. The van der Waals surface area contributed by atoms with Gasteiger partial charge in [-0.25, -0.2) is 4.39 Å². The van der Waals surface area contributed by atoms with E-state index in [0.29, 0.717) is 0 Å². The van der Waals surface area contributed by atoms with Crippen molar-refractivity contribution in [1.82, 2.24) is 0 Å². The van der Waals surface area contributed by atoms with E-state index in [-0.39, 0.29) is 11.5 Å². The average molecular weight is 108 g/mol. The fourth-order valence-electron chi connectivity index (χ4n) is 0.0345. The Kier molecular flexibility index (Phi) is 2.67. The maximum absolute atomic E-state index is 11.0. The second-order valence-corrected chi connectivity index (χ2v) is 0.977. The SMILES string of the molecule is C=NC(Cl)=CF. The van der Waals surface area contributed by atoms with Crippen LogP contribution in [0, 0.1) is 0 Å². The molecule has 0 aliphatic carbocycles. The highest BCUT2D eigenvalue weighted by Gasteiger charge is 1.75. The number of halogens is 2. The maximum atomic E-state index is 11.0. The molecule has 0 N–H and O–H groups in total. The minimum absolute atomic E-state index is 0.175. The van der Waals surface area contributed by atoms with Gasteiger partial charge in [0.15, 0.2) is 5.16 Å². The Balaban J connectivity index is 3.50. The van der Waals surface area contributed by atoms with Crippen LogP contribution in [0.2, 0.25) is 0 Å². The van der Waals surface area contributed by atoms with Crippen molar-refractivity contribution in [3.05, 3.63) is 11.5 Å². The van der Waals surface area contributed by atoms with Gasteiger partial charge < -0.3 is 0 Å². The fraction of sp³-hybridized carbons (Fsp3) is 0. The fourth-order valence-corrected chi connectivity index (χ4v) is 0.0345. The molecule has 0 aromatic heterocycles. The first-order valence-corrected chi connectivity index (χ1v) is 1.61. The molecule has 0 amide bonds. The molecule has 0 heterocycles. The molecular weight excluding hydrogens is 104 g/mol. The van der Waals surface area contributed by atoms with Crippen molar-refractivity contribution in [2.75, 3.05) is 0 Å². The van der Waals surface area contributed by atoms with E-state index in [4.69, 9.17) is 11.6 Å². The predicted octanol–water partition coefficient (Wildman–Crippen LogP) is 1.69. The molecule has 0 saturated heterocycles. The summed E-state index contributed by atoms with van der Waals surface area (Å²) in [5.74, 6) is 0. The third kappa shape index (κ3) is 1.91. The van der Waals surface area contributed by atoms with Crippen LogP contribution >= 0.6 is 11.6 Å². The van der Waals surface area contributed by atoms with Crippen molar-refractivity contribution >= 4 is 18.3 Å². The summed E-state index contributed by atoms with van der Waals surface area (Å²) in [6.45, 7) is 2.94. The molecule has 0 saturated carbocycles. The Hall–Kier alpha value is -0.370. The van der Waals surface area contributed by atoms with Gasteiger partial charge in [0, 0.05) is 0 Å². The van der Waals surface area contributed by atoms with E-state index in [9.17, 15) is 4.39 Å². The van der Waals surface area contributed by atoms with Crippen molar-refractivity contribution in [3.63, 3.8) is 0 Å². The summed E-state index contributed by atoms with van der Waals surface area (Å²) in [6, 6.07) is 0. The van der Waals surface area contributed by atoms with Crippen LogP contribution in [0.5, 0.6) is 0 Å². The molecule has 0 bridgehead atoms. The minimum Gasteiger partial charge on any atom is -0.250 e. The van der Waals surface area contributed by atoms with E-state index >= 15 is 0 Å². The van der Waals surface area contributed by atoms with Crippen molar-refractivity contribution in [2.45, 2.75) is 0 Å². The Morgan fingerprint density at radius 2 is 2.50 bits per heavy atom. The van der Waals surface area contributed by atoms with Gasteiger partial charge in [0.2, 0.25) is 0 Å². The first-order valence-electron chi connectivity index (χ1n) is 1.24. The number of nitrogens with zero attached hydrogens (tertiary/aromatic N) is 1. The van der Waals surface area contributed by atoms with Gasteiger partial charge in [-0.05, 0) is 6.72 Å². The zero-order chi connectivity index (χ0) is 4.99. The zero-order valence-corrected chi connectivity index (χ0v) is 3.74. The van der Waals surface area contributed by atoms with Crippen LogP contribution in [-0.4, -0.2) is 6.72 Å². The molecule has 0 radical (unpaired) electrons. The zero-order valence-electron chi connectivity index (χ0n) is 2.99. The van der Waals surface area contributed by atoms with Crippen LogP contribution in [-0.2, 0) is 0 Å². The summed E-state index contributed by atoms with van der Waals surface area (Å²) in [4.78, 5) is 3.01. The molecule has 0 atom stereocenters.